The Morgan fingerprint density at radius 3 is 3.00 bits per heavy atom. The molecule has 1 N–H and O–H groups in total. The zero-order valence-electron chi connectivity index (χ0n) is 10.2. The highest BCUT2D eigenvalue weighted by Gasteiger charge is 2.11. The number of carbonyl (C=O) groups is 1. The molecule has 1 amide bonds. The lowest BCUT2D eigenvalue weighted by Crippen LogP contribution is -2.24. The fourth-order valence-corrected chi connectivity index (χ4v) is 2.03. The van der Waals surface area contributed by atoms with Gasteiger partial charge in [0, 0.05) is 5.39 Å². The summed E-state index contributed by atoms with van der Waals surface area (Å²) in [5, 5.41) is 7.55. The molecular formula is C13H9ClN4O2. The lowest BCUT2D eigenvalue weighted by Gasteiger charge is -2.05. The van der Waals surface area contributed by atoms with Crippen LogP contribution in [-0.2, 0) is 6.54 Å². The van der Waals surface area contributed by atoms with Crippen molar-refractivity contribution in [3.8, 4) is 0 Å². The molecule has 2 heterocycles. The van der Waals surface area contributed by atoms with Crippen LogP contribution in [0.1, 0.15) is 16.3 Å². The second kappa shape index (κ2) is 5.26. The second-order valence-electron chi connectivity index (χ2n) is 4.04. The minimum absolute atomic E-state index is 0.168. The van der Waals surface area contributed by atoms with E-state index in [1.54, 1.807) is 6.07 Å². The van der Waals surface area contributed by atoms with E-state index >= 15 is 0 Å². The standard InChI is InChI=1S/C13H9ClN4O2/c14-9-5-11(17-10-4-2-1-3-8(9)10)13(19)15-6-12-16-7-20-18-12/h1-5,7H,6H2,(H,15,19). The van der Waals surface area contributed by atoms with Gasteiger partial charge in [-0.15, -0.1) is 0 Å². The van der Waals surface area contributed by atoms with Crippen LogP contribution in [0.15, 0.2) is 41.2 Å². The first-order chi connectivity index (χ1) is 9.74. The zero-order valence-corrected chi connectivity index (χ0v) is 11.0. The minimum atomic E-state index is -0.345. The van der Waals surface area contributed by atoms with Gasteiger partial charge in [-0.05, 0) is 12.1 Å². The number of fused-ring (bicyclic) bond motifs is 1. The van der Waals surface area contributed by atoms with Crippen LogP contribution in [0.5, 0.6) is 0 Å². The quantitative estimate of drug-likeness (QED) is 0.799. The Labute approximate surface area is 118 Å². The van der Waals surface area contributed by atoms with Crippen LogP contribution < -0.4 is 5.32 Å². The van der Waals surface area contributed by atoms with Gasteiger partial charge in [-0.1, -0.05) is 35.0 Å². The fraction of sp³-hybridized carbons (Fsp3) is 0.0769. The van der Waals surface area contributed by atoms with E-state index in [-0.39, 0.29) is 18.1 Å². The number of para-hydroxylation sites is 1. The maximum atomic E-state index is 12.0. The van der Waals surface area contributed by atoms with Crippen LogP contribution in [0.25, 0.3) is 10.9 Å². The molecule has 7 heteroatoms. The van der Waals surface area contributed by atoms with E-state index in [9.17, 15) is 4.79 Å². The van der Waals surface area contributed by atoms with Crippen molar-refractivity contribution in [2.24, 2.45) is 0 Å². The van der Waals surface area contributed by atoms with Crippen LogP contribution in [0.4, 0.5) is 0 Å². The third kappa shape index (κ3) is 2.46. The van der Waals surface area contributed by atoms with Crippen molar-refractivity contribution >= 4 is 28.4 Å². The largest absolute Gasteiger partial charge is 0.343 e. The predicted molar refractivity (Wildman–Crippen MR) is 72.2 cm³/mol. The Kier molecular flexibility index (Phi) is 3.30. The topological polar surface area (TPSA) is 80.9 Å². The molecule has 0 radical (unpaired) electrons. The van der Waals surface area contributed by atoms with Gasteiger partial charge in [0.1, 0.15) is 5.69 Å². The second-order valence-corrected chi connectivity index (χ2v) is 4.44. The van der Waals surface area contributed by atoms with Gasteiger partial charge in [-0.3, -0.25) is 4.79 Å². The molecule has 0 spiro atoms. The molecule has 0 aliphatic rings. The molecule has 3 aromatic rings. The number of rotatable bonds is 3. The van der Waals surface area contributed by atoms with Crippen LogP contribution in [0.2, 0.25) is 5.02 Å². The Balaban J connectivity index is 1.84. The van der Waals surface area contributed by atoms with Crippen molar-refractivity contribution in [3.63, 3.8) is 0 Å². The SMILES string of the molecule is O=C(NCc1ncon1)c1cc(Cl)c2ccccc2n1. The summed E-state index contributed by atoms with van der Waals surface area (Å²) >= 11 is 6.15. The van der Waals surface area contributed by atoms with Gasteiger partial charge in [0.05, 0.1) is 17.1 Å². The molecule has 1 aromatic carbocycles. The molecule has 0 aliphatic carbocycles. The van der Waals surface area contributed by atoms with E-state index in [1.165, 1.54) is 12.5 Å². The first-order valence-electron chi connectivity index (χ1n) is 5.83. The van der Waals surface area contributed by atoms with Gasteiger partial charge in [0.25, 0.3) is 5.91 Å². The molecule has 6 nitrogen and oxygen atoms in total. The summed E-state index contributed by atoms with van der Waals surface area (Å²) in [7, 11) is 0. The molecule has 3 rings (SSSR count). The summed E-state index contributed by atoms with van der Waals surface area (Å²) in [4.78, 5) is 20.1. The van der Waals surface area contributed by atoms with Crippen molar-refractivity contribution in [1.82, 2.24) is 20.4 Å². The van der Waals surface area contributed by atoms with E-state index in [4.69, 9.17) is 11.6 Å². The number of nitrogens with zero attached hydrogens (tertiary/aromatic N) is 3. The monoisotopic (exact) mass is 288 g/mol. The average molecular weight is 289 g/mol. The molecule has 0 saturated carbocycles. The Morgan fingerprint density at radius 1 is 1.35 bits per heavy atom. The molecule has 0 fully saturated rings. The number of aromatic nitrogens is 3. The van der Waals surface area contributed by atoms with Crippen LogP contribution >= 0.6 is 11.6 Å². The van der Waals surface area contributed by atoms with Gasteiger partial charge in [-0.2, -0.15) is 4.98 Å². The minimum Gasteiger partial charge on any atom is -0.343 e. The predicted octanol–water partition coefficient (Wildman–Crippen LogP) is 2.20. The van der Waals surface area contributed by atoms with Crippen molar-refractivity contribution in [2.45, 2.75) is 6.54 Å². The number of amides is 1. The molecule has 100 valence electrons. The van der Waals surface area contributed by atoms with Crippen molar-refractivity contribution in [2.75, 3.05) is 0 Å². The zero-order chi connectivity index (χ0) is 13.9. The van der Waals surface area contributed by atoms with Gasteiger partial charge in [0.15, 0.2) is 5.82 Å². The molecule has 20 heavy (non-hydrogen) atoms. The molecular weight excluding hydrogens is 280 g/mol. The fourth-order valence-electron chi connectivity index (χ4n) is 1.77. The van der Waals surface area contributed by atoms with Gasteiger partial charge in [0.2, 0.25) is 6.39 Å². The first kappa shape index (κ1) is 12.6. The van der Waals surface area contributed by atoms with E-state index in [2.05, 4.69) is 25.0 Å². The maximum Gasteiger partial charge on any atom is 0.270 e. The average Bonchev–Trinajstić information content (AvgIpc) is 2.98. The number of benzene rings is 1. The number of nitrogens with one attached hydrogen (secondary N) is 1. The highest BCUT2D eigenvalue weighted by atomic mass is 35.5. The van der Waals surface area contributed by atoms with Gasteiger partial charge in [-0.25, -0.2) is 4.98 Å². The lowest BCUT2D eigenvalue weighted by molar-refractivity contribution is 0.0945. The van der Waals surface area contributed by atoms with Crippen LogP contribution in [0, 0.1) is 0 Å². The van der Waals surface area contributed by atoms with Crippen LogP contribution in [-0.4, -0.2) is 21.0 Å². The first-order valence-corrected chi connectivity index (χ1v) is 6.20. The molecule has 0 aliphatic heterocycles. The third-order valence-corrected chi connectivity index (χ3v) is 3.03. The summed E-state index contributed by atoms with van der Waals surface area (Å²) in [5.41, 5.74) is 0.918. The number of hydrogen-bond acceptors (Lipinski definition) is 5. The van der Waals surface area contributed by atoms with E-state index < -0.39 is 0 Å². The van der Waals surface area contributed by atoms with Crippen molar-refractivity contribution in [1.29, 1.82) is 0 Å². The summed E-state index contributed by atoms with van der Waals surface area (Å²) in [5.74, 6) is 0.0488. The molecule has 2 aromatic heterocycles. The molecule has 0 saturated heterocycles. The maximum absolute atomic E-state index is 12.0. The summed E-state index contributed by atoms with van der Waals surface area (Å²) < 4.78 is 4.58. The number of hydrogen-bond donors (Lipinski definition) is 1. The molecule has 0 bridgehead atoms. The smallest absolute Gasteiger partial charge is 0.270 e. The van der Waals surface area contributed by atoms with Crippen molar-refractivity contribution in [3.05, 3.63) is 53.3 Å². The highest BCUT2D eigenvalue weighted by Crippen LogP contribution is 2.22. The van der Waals surface area contributed by atoms with E-state index in [0.29, 0.717) is 16.4 Å². The summed E-state index contributed by atoms with van der Waals surface area (Å²) in [6.45, 7) is 0.168. The summed E-state index contributed by atoms with van der Waals surface area (Å²) in [6, 6.07) is 8.90. The van der Waals surface area contributed by atoms with Crippen molar-refractivity contribution < 1.29 is 9.32 Å². The summed E-state index contributed by atoms with van der Waals surface area (Å²) in [6.07, 6.45) is 1.20. The number of carbonyl (C=O) groups excluding carboxylic acids is 1. The van der Waals surface area contributed by atoms with Gasteiger partial charge < -0.3 is 9.84 Å². The Hall–Kier alpha value is -2.47. The Morgan fingerprint density at radius 2 is 2.20 bits per heavy atom. The van der Waals surface area contributed by atoms with Crippen LogP contribution in [0.3, 0.4) is 0 Å². The third-order valence-electron chi connectivity index (χ3n) is 2.71. The lowest BCUT2D eigenvalue weighted by atomic mass is 10.2. The van der Waals surface area contributed by atoms with E-state index in [0.717, 1.165) is 5.39 Å². The Bertz CT molecular complexity index is 758. The number of pyridine rings is 1. The normalized spacial score (nSPS) is 10.7. The van der Waals surface area contributed by atoms with E-state index in [1.807, 2.05) is 18.2 Å². The highest BCUT2D eigenvalue weighted by molar-refractivity contribution is 6.35. The van der Waals surface area contributed by atoms with Gasteiger partial charge >= 0.3 is 0 Å². The number of halogens is 1. The molecule has 0 unspecified atom stereocenters. The molecule has 0 atom stereocenters.